The van der Waals surface area contributed by atoms with Crippen molar-refractivity contribution in [1.82, 2.24) is 14.9 Å². The Morgan fingerprint density at radius 3 is 2.78 bits per heavy atom. The highest BCUT2D eigenvalue weighted by atomic mass is 32.2. The molecule has 0 amide bonds. The molecule has 1 aromatic heterocycles. The third-order valence-electron chi connectivity index (χ3n) is 7.11. The van der Waals surface area contributed by atoms with E-state index in [0.29, 0.717) is 34.3 Å². The van der Waals surface area contributed by atoms with E-state index < -0.39 is 5.82 Å². The van der Waals surface area contributed by atoms with E-state index in [0.717, 1.165) is 45.2 Å². The standard InChI is InChI=1S/C27H30FN5O2S/c28-23-6-8-25(32-36-20-3-1-2-4-20)22(16-29)26(23)35-19-5-7-24-21(15-19)27(34)33(17-31-24)14-11-18-9-12-30-13-10-18/h5-8,15,17-18,20,30,32H,1-4,9-14H2. The Morgan fingerprint density at radius 2 is 2.00 bits per heavy atom. The van der Waals surface area contributed by atoms with Crippen LogP contribution in [0.5, 0.6) is 11.5 Å². The molecule has 1 aliphatic heterocycles. The zero-order chi connectivity index (χ0) is 24.9. The van der Waals surface area contributed by atoms with Crippen LogP contribution in [-0.2, 0) is 6.54 Å². The lowest BCUT2D eigenvalue weighted by Gasteiger charge is -2.22. The maximum Gasteiger partial charge on any atom is 0.261 e. The molecule has 2 N–H and O–H groups in total. The summed E-state index contributed by atoms with van der Waals surface area (Å²) in [6.45, 7) is 2.65. The van der Waals surface area contributed by atoms with Gasteiger partial charge in [0.1, 0.15) is 17.4 Å². The Hall–Kier alpha value is -3.09. The number of halogens is 1. The summed E-state index contributed by atoms with van der Waals surface area (Å²) >= 11 is 1.57. The third-order valence-corrected chi connectivity index (χ3v) is 8.25. The van der Waals surface area contributed by atoms with Crippen LogP contribution < -0.4 is 20.3 Å². The molecule has 1 saturated heterocycles. The zero-order valence-electron chi connectivity index (χ0n) is 20.1. The Morgan fingerprint density at radius 1 is 1.19 bits per heavy atom. The number of hydrogen-bond acceptors (Lipinski definition) is 7. The molecular formula is C27H30FN5O2S. The van der Waals surface area contributed by atoms with Crippen LogP contribution >= 0.6 is 11.9 Å². The largest absolute Gasteiger partial charge is 0.453 e. The van der Waals surface area contributed by atoms with Gasteiger partial charge in [-0.1, -0.05) is 12.8 Å². The van der Waals surface area contributed by atoms with Gasteiger partial charge in [0, 0.05) is 11.8 Å². The fourth-order valence-corrected chi connectivity index (χ4v) is 6.01. The number of piperidine rings is 1. The molecular weight excluding hydrogens is 477 g/mol. The van der Waals surface area contributed by atoms with E-state index in [4.69, 9.17) is 4.74 Å². The number of benzene rings is 2. The second-order valence-electron chi connectivity index (χ2n) is 9.54. The van der Waals surface area contributed by atoms with Crippen LogP contribution in [0.15, 0.2) is 41.5 Å². The maximum atomic E-state index is 14.8. The number of nitrogens with one attached hydrogen (secondary N) is 2. The summed E-state index contributed by atoms with van der Waals surface area (Å²) in [5.74, 6) is 0.106. The summed E-state index contributed by atoms with van der Waals surface area (Å²) in [5, 5.41) is 14.1. The minimum Gasteiger partial charge on any atom is -0.453 e. The van der Waals surface area contributed by atoms with Gasteiger partial charge in [0.25, 0.3) is 5.56 Å². The van der Waals surface area contributed by atoms with E-state index in [-0.39, 0.29) is 22.6 Å². The first-order valence-corrected chi connectivity index (χ1v) is 13.5. The van der Waals surface area contributed by atoms with Crippen LogP contribution in [0.4, 0.5) is 10.1 Å². The lowest BCUT2D eigenvalue weighted by Crippen LogP contribution is -2.29. The van der Waals surface area contributed by atoms with Crippen molar-refractivity contribution < 1.29 is 9.13 Å². The van der Waals surface area contributed by atoms with Crippen molar-refractivity contribution in [2.75, 3.05) is 17.8 Å². The van der Waals surface area contributed by atoms with Crippen LogP contribution in [-0.4, -0.2) is 27.9 Å². The van der Waals surface area contributed by atoms with Crippen LogP contribution in [0.2, 0.25) is 0 Å². The van der Waals surface area contributed by atoms with Gasteiger partial charge in [-0.05, 0) is 93.4 Å². The highest BCUT2D eigenvalue weighted by Gasteiger charge is 2.20. The zero-order valence-corrected chi connectivity index (χ0v) is 21.0. The molecule has 9 heteroatoms. The van der Waals surface area contributed by atoms with Crippen LogP contribution in [0, 0.1) is 23.1 Å². The van der Waals surface area contributed by atoms with Gasteiger partial charge in [-0.3, -0.25) is 9.36 Å². The van der Waals surface area contributed by atoms with E-state index in [1.165, 1.54) is 18.9 Å². The Balaban J connectivity index is 1.37. The molecule has 2 aliphatic rings. The van der Waals surface area contributed by atoms with Crippen molar-refractivity contribution in [1.29, 1.82) is 5.26 Å². The summed E-state index contributed by atoms with van der Waals surface area (Å²) in [7, 11) is 0. The second-order valence-corrected chi connectivity index (χ2v) is 10.6. The molecule has 2 heterocycles. The Labute approximate surface area is 214 Å². The molecule has 0 unspecified atom stereocenters. The summed E-state index contributed by atoms with van der Waals surface area (Å²) in [6, 6.07) is 9.85. The lowest BCUT2D eigenvalue weighted by atomic mass is 9.95. The first-order chi connectivity index (χ1) is 17.6. The summed E-state index contributed by atoms with van der Waals surface area (Å²) < 4.78 is 25.5. The van der Waals surface area contributed by atoms with Gasteiger partial charge in [-0.2, -0.15) is 5.26 Å². The summed E-state index contributed by atoms with van der Waals surface area (Å²) in [4.78, 5) is 17.6. The molecule has 7 nitrogen and oxygen atoms in total. The molecule has 2 aromatic carbocycles. The quantitative estimate of drug-likeness (QED) is 0.384. The molecule has 1 aliphatic carbocycles. The molecule has 0 bridgehead atoms. The fraction of sp³-hybridized carbons (Fsp3) is 0.444. The minimum atomic E-state index is -0.631. The smallest absolute Gasteiger partial charge is 0.261 e. The predicted octanol–water partition coefficient (Wildman–Crippen LogP) is 5.59. The van der Waals surface area contributed by atoms with Crippen LogP contribution in [0.25, 0.3) is 10.9 Å². The number of aromatic nitrogens is 2. The number of nitriles is 1. The molecule has 0 spiro atoms. The van der Waals surface area contributed by atoms with Crippen molar-refractivity contribution in [2.45, 2.75) is 56.7 Å². The van der Waals surface area contributed by atoms with Crippen molar-refractivity contribution in [2.24, 2.45) is 5.92 Å². The minimum absolute atomic E-state index is 0.103. The van der Waals surface area contributed by atoms with Gasteiger partial charge in [0.2, 0.25) is 0 Å². The van der Waals surface area contributed by atoms with Crippen molar-refractivity contribution in [3.05, 3.63) is 58.4 Å². The van der Waals surface area contributed by atoms with Crippen molar-refractivity contribution in [3.8, 4) is 17.6 Å². The van der Waals surface area contributed by atoms with Crippen molar-refractivity contribution in [3.63, 3.8) is 0 Å². The van der Waals surface area contributed by atoms with Gasteiger partial charge in [-0.25, -0.2) is 9.37 Å². The van der Waals surface area contributed by atoms with E-state index in [2.05, 4.69) is 21.1 Å². The highest BCUT2D eigenvalue weighted by molar-refractivity contribution is 8.01. The number of rotatable bonds is 8. The van der Waals surface area contributed by atoms with Gasteiger partial charge < -0.3 is 14.8 Å². The number of fused-ring (bicyclic) bond motifs is 1. The average molecular weight is 508 g/mol. The van der Waals surface area contributed by atoms with E-state index in [9.17, 15) is 14.4 Å². The Kier molecular flexibility index (Phi) is 7.73. The van der Waals surface area contributed by atoms with Gasteiger partial charge >= 0.3 is 0 Å². The molecule has 0 atom stereocenters. The van der Waals surface area contributed by atoms with E-state index >= 15 is 0 Å². The molecule has 36 heavy (non-hydrogen) atoms. The number of anilines is 1. The number of nitrogens with zero attached hydrogens (tertiary/aromatic N) is 3. The van der Waals surface area contributed by atoms with Crippen LogP contribution in [0.1, 0.15) is 50.5 Å². The monoisotopic (exact) mass is 507 g/mol. The molecule has 3 aromatic rings. The maximum absolute atomic E-state index is 14.8. The number of hydrogen-bond donors (Lipinski definition) is 2. The second kappa shape index (κ2) is 11.3. The SMILES string of the molecule is N#Cc1c(NSC2CCCC2)ccc(F)c1Oc1ccc2ncn(CCC3CCNCC3)c(=O)c2c1. The molecule has 1 saturated carbocycles. The molecule has 5 rings (SSSR count). The van der Waals surface area contributed by atoms with Gasteiger partial charge in [0.05, 0.1) is 22.9 Å². The summed E-state index contributed by atoms with van der Waals surface area (Å²) in [5.41, 5.74) is 1.03. The molecule has 2 fully saturated rings. The van der Waals surface area contributed by atoms with E-state index in [1.54, 1.807) is 47.1 Å². The predicted molar refractivity (Wildman–Crippen MR) is 141 cm³/mol. The summed E-state index contributed by atoms with van der Waals surface area (Å²) in [6.07, 6.45) is 9.44. The van der Waals surface area contributed by atoms with Crippen LogP contribution in [0.3, 0.4) is 0 Å². The number of ether oxygens (including phenoxy) is 1. The fourth-order valence-electron chi connectivity index (χ4n) is 4.98. The average Bonchev–Trinajstić information content (AvgIpc) is 3.43. The Bertz CT molecular complexity index is 1330. The van der Waals surface area contributed by atoms with Crippen molar-refractivity contribution >= 4 is 28.5 Å². The van der Waals surface area contributed by atoms with Gasteiger partial charge in [-0.15, -0.1) is 0 Å². The first kappa shape index (κ1) is 24.6. The molecule has 188 valence electrons. The molecule has 0 radical (unpaired) electrons. The van der Waals surface area contributed by atoms with Gasteiger partial charge in [0.15, 0.2) is 11.6 Å². The third kappa shape index (κ3) is 5.50. The lowest BCUT2D eigenvalue weighted by molar-refractivity contribution is 0.336. The normalized spacial score (nSPS) is 16.8. The first-order valence-electron chi connectivity index (χ1n) is 12.6. The highest BCUT2D eigenvalue weighted by Crippen LogP contribution is 2.36. The van der Waals surface area contributed by atoms with E-state index in [1.807, 2.05) is 0 Å². The topological polar surface area (TPSA) is 92.0 Å². The number of aryl methyl sites for hydroxylation is 1.